The molecule has 0 bridgehead atoms. The fourth-order valence-corrected chi connectivity index (χ4v) is 1.95. The molecule has 8 heteroatoms. The van der Waals surface area contributed by atoms with Crippen molar-refractivity contribution in [1.82, 2.24) is 9.97 Å². The highest BCUT2D eigenvalue weighted by Crippen LogP contribution is 2.38. The van der Waals surface area contributed by atoms with Crippen molar-refractivity contribution in [3.05, 3.63) is 17.1 Å². The highest BCUT2D eigenvalue weighted by atomic mass is 32.2. The van der Waals surface area contributed by atoms with E-state index in [-0.39, 0.29) is 17.4 Å². The van der Waals surface area contributed by atoms with Crippen molar-refractivity contribution in [1.29, 1.82) is 0 Å². The van der Waals surface area contributed by atoms with Crippen LogP contribution in [-0.4, -0.2) is 26.6 Å². The average molecular weight is 280 g/mol. The van der Waals surface area contributed by atoms with Gasteiger partial charge in [-0.2, -0.15) is 13.2 Å². The first-order chi connectivity index (χ1) is 8.11. The number of thioether (sulfide) groups is 1. The lowest BCUT2D eigenvalue weighted by atomic mass is 10.2. The first-order valence-corrected chi connectivity index (χ1v) is 5.81. The van der Waals surface area contributed by atoms with Crippen molar-refractivity contribution < 1.29 is 23.1 Å². The van der Waals surface area contributed by atoms with Gasteiger partial charge in [0.2, 0.25) is 0 Å². The molecule has 4 nitrogen and oxygen atoms in total. The van der Waals surface area contributed by atoms with Crippen LogP contribution in [0.4, 0.5) is 13.2 Å². The number of aromatic carboxylic acids is 1. The summed E-state index contributed by atoms with van der Waals surface area (Å²) in [4.78, 5) is 18.6. The summed E-state index contributed by atoms with van der Waals surface area (Å²) in [5.41, 5.74) is -5.05. The van der Waals surface area contributed by atoms with Crippen LogP contribution in [0.5, 0.6) is 0 Å². The molecule has 0 unspecified atom stereocenters. The number of rotatable bonds is 3. The molecule has 1 N–H and O–H groups in total. The Morgan fingerprint density at radius 2 is 1.89 bits per heavy atom. The van der Waals surface area contributed by atoms with E-state index >= 15 is 0 Å². The zero-order valence-electron chi connectivity index (χ0n) is 9.87. The van der Waals surface area contributed by atoms with Crippen LogP contribution < -0.4 is 0 Å². The van der Waals surface area contributed by atoms with Gasteiger partial charge in [0.25, 0.3) is 0 Å². The van der Waals surface area contributed by atoms with Crippen LogP contribution in [0, 0.1) is 6.92 Å². The molecule has 0 radical (unpaired) electrons. The van der Waals surface area contributed by atoms with E-state index in [1.807, 2.05) is 0 Å². The maximum absolute atomic E-state index is 12.4. The van der Waals surface area contributed by atoms with Crippen molar-refractivity contribution in [3.63, 3.8) is 0 Å². The molecule has 0 aliphatic carbocycles. The van der Waals surface area contributed by atoms with Gasteiger partial charge in [-0.1, -0.05) is 13.8 Å². The molecule has 1 aromatic heterocycles. The molecule has 1 heterocycles. The first-order valence-electron chi connectivity index (χ1n) is 4.99. The van der Waals surface area contributed by atoms with Gasteiger partial charge in [-0.15, -0.1) is 0 Å². The minimum absolute atomic E-state index is 0.0351. The third-order valence-electron chi connectivity index (χ3n) is 2.02. The van der Waals surface area contributed by atoms with Crippen molar-refractivity contribution in [2.75, 3.05) is 0 Å². The van der Waals surface area contributed by atoms with Gasteiger partial charge in [-0.05, 0) is 6.92 Å². The monoisotopic (exact) mass is 280 g/mol. The largest absolute Gasteiger partial charge is 0.478 e. The number of carbonyl (C=O) groups is 1. The minimum Gasteiger partial charge on any atom is -0.478 e. The van der Waals surface area contributed by atoms with Crippen LogP contribution in [0.3, 0.4) is 0 Å². The van der Waals surface area contributed by atoms with Crippen LogP contribution in [0.25, 0.3) is 0 Å². The van der Waals surface area contributed by atoms with Crippen molar-refractivity contribution in [3.8, 4) is 0 Å². The molecule has 0 atom stereocenters. The molecule has 0 aliphatic heterocycles. The first kappa shape index (κ1) is 14.7. The number of aromatic nitrogens is 2. The summed E-state index contributed by atoms with van der Waals surface area (Å²) in [6.07, 6.45) is 0. The number of hydrogen-bond acceptors (Lipinski definition) is 4. The normalized spacial score (nSPS) is 11.9. The van der Waals surface area contributed by atoms with E-state index in [2.05, 4.69) is 9.97 Å². The van der Waals surface area contributed by atoms with E-state index in [0.29, 0.717) is 0 Å². The van der Waals surface area contributed by atoms with Crippen molar-refractivity contribution >= 4 is 17.7 Å². The Kier molecular flexibility index (Phi) is 4.20. The topological polar surface area (TPSA) is 63.1 Å². The number of carboxylic acid groups (broad SMARTS) is 1. The smallest absolute Gasteiger partial charge is 0.447 e. The highest BCUT2D eigenvalue weighted by molar-refractivity contribution is 8.00. The Labute approximate surface area is 106 Å². The summed E-state index contributed by atoms with van der Waals surface area (Å²) < 4.78 is 37.1. The van der Waals surface area contributed by atoms with E-state index in [0.717, 1.165) is 0 Å². The Bertz CT molecular complexity index is 475. The highest BCUT2D eigenvalue weighted by Gasteiger charge is 2.34. The maximum atomic E-state index is 12.4. The maximum Gasteiger partial charge on any atom is 0.447 e. The lowest BCUT2D eigenvalue weighted by Crippen LogP contribution is -2.13. The van der Waals surface area contributed by atoms with Crippen molar-refractivity contribution in [2.24, 2.45) is 0 Å². The molecule has 1 rings (SSSR count). The molecule has 0 aromatic carbocycles. The van der Waals surface area contributed by atoms with Crippen molar-refractivity contribution in [2.45, 2.75) is 37.2 Å². The number of aryl methyl sites for hydroxylation is 1. The summed E-state index contributed by atoms with van der Waals surface area (Å²) in [7, 11) is 0. The molecular formula is C10H11F3N2O2S. The lowest BCUT2D eigenvalue weighted by molar-refractivity contribution is -0.0329. The fraction of sp³-hybridized carbons (Fsp3) is 0.500. The second-order valence-electron chi connectivity index (χ2n) is 3.86. The van der Waals surface area contributed by atoms with Gasteiger partial charge in [0, 0.05) is 17.7 Å². The van der Waals surface area contributed by atoms with E-state index in [1.54, 1.807) is 13.8 Å². The zero-order chi connectivity index (χ0) is 14.1. The second kappa shape index (κ2) is 5.13. The minimum atomic E-state index is -4.58. The average Bonchev–Trinajstić information content (AvgIpc) is 2.12. The Morgan fingerprint density at radius 3 is 2.28 bits per heavy atom. The Hall–Kier alpha value is -1.31. The number of nitrogens with zero attached hydrogens (tertiary/aromatic N) is 2. The van der Waals surface area contributed by atoms with Crippen LogP contribution in [-0.2, 0) is 0 Å². The van der Waals surface area contributed by atoms with E-state index in [4.69, 9.17) is 5.11 Å². The van der Waals surface area contributed by atoms with Gasteiger partial charge in [0.1, 0.15) is 16.4 Å². The van der Waals surface area contributed by atoms with Gasteiger partial charge in [-0.3, -0.25) is 0 Å². The van der Waals surface area contributed by atoms with Gasteiger partial charge < -0.3 is 5.11 Å². The SMILES string of the molecule is Cc1nc(C(C)C)nc(SC(F)(F)F)c1C(=O)O. The fourth-order valence-electron chi connectivity index (χ4n) is 1.26. The standard InChI is InChI=1S/C10H11F3N2O2S/c1-4(2)7-14-5(3)6(9(16)17)8(15-7)18-10(11,12)13/h4H,1-3H3,(H,16,17). The zero-order valence-corrected chi connectivity index (χ0v) is 10.7. The summed E-state index contributed by atoms with van der Waals surface area (Å²) in [5.74, 6) is -1.45. The predicted octanol–water partition coefficient (Wildman–Crippen LogP) is 3.22. The number of carboxylic acids is 1. The van der Waals surface area contributed by atoms with Crippen LogP contribution in [0.15, 0.2) is 5.03 Å². The third-order valence-corrected chi connectivity index (χ3v) is 2.74. The van der Waals surface area contributed by atoms with Crippen LogP contribution in [0.1, 0.15) is 41.6 Å². The summed E-state index contributed by atoms with van der Waals surface area (Å²) in [6.45, 7) is 4.80. The van der Waals surface area contributed by atoms with Gasteiger partial charge >= 0.3 is 11.5 Å². The van der Waals surface area contributed by atoms with Gasteiger partial charge in [-0.25, -0.2) is 14.8 Å². The molecule has 18 heavy (non-hydrogen) atoms. The van der Waals surface area contributed by atoms with E-state index in [1.165, 1.54) is 6.92 Å². The number of hydrogen-bond donors (Lipinski definition) is 1. The second-order valence-corrected chi connectivity index (χ2v) is 4.91. The molecule has 0 spiro atoms. The lowest BCUT2D eigenvalue weighted by Gasteiger charge is -2.12. The Balaban J connectivity index is 3.38. The predicted molar refractivity (Wildman–Crippen MR) is 59.7 cm³/mol. The molecule has 0 saturated carbocycles. The quantitative estimate of drug-likeness (QED) is 0.680. The molecular weight excluding hydrogens is 269 g/mol. The summed E-state index contributed by atoms with van der Waals surface area (Å²) >= 11 is -0.531. The van der Waals surface area contributed by atoms with E-state index < -0.39 is 33.8 Å². The van der Waals surface area contributed by atoms with Gasteiger partial charge in [0.15, 0.2) is 0 Å². The Morgan fingerprint density at radius 1 is 1.33 bits per heavy atom. The summed E-state index contributed by atoms with van der Waals surface area (Å²) in [5, 5.41) is 8.35. The van der Waals surface area contributed by atoms with Crippen LogP contribution in [0.2, 0.25) is 0 Å². The van der Waals surface area contributed by atoms with E-state index in [9.17, 15) is 18.0 Å². The number of alkyl halides is 3. The van der Waals surface area contributed by atoms with Crippen LogP contribution >= 0.6 is 11.8 Å². The summed E-state index contributed by atoms with van der Waals surface area (Å²) in [6, 6.07) is 0. The molecule has 0 saturated heterocycles. The third kappa shape index (κ3) is 3.59. The molecule has 0 fully saturated rings. The van der Waals surface area contributed by atoms with Gasteiger partial charge in [0.05, 0.1) is 5.69 Å². The molecule has 1 aromatic rings. The molecule has 0 aliphatic rings. The molecule has 100 valence electrons. The molecule has 0 amide bonds. The number of halogens is 3.